The van der Waals surface area contributed by atoms with E-state index < -0.39 is 5.91 Å². The lowest BCUT2D eigenvalue weighted by Crippen LogP contribution is -2.40. The molecule has 0 atom stereocenters. The van der Waals surface area contributed by atoms with E-state index in [1.54, 1.807) is 18.2 Å². The van der Waals surface area contributed by atoms with Crippen molar-refractivity contribution in [2.75, 3.05) is 4.90 Å². The summed E-state index contributed by atoms with van der Waals surface area (Å²) < 4.78 is 0. The van der Waals surface area contributed by atoms with Crippen LogP contribution in [0.2, 0.25) is 0 Å². The molecule has 0 aromatic heterocycles. The Labute approximate surface area is 105 Å². The van der Waals surface area contributed by atoms with Gasteiger partial charge in [0.1, 0.15) is 6.42 Å². The summed E-state index contributed by atoms with van der Waals surface area (Å²) in [7, 11) is 0. The smallest absolute Gasteiger partial charge is 0.247 e. The number of rotatable bonds is 2. The fourth-order valence-corrected chi connectivity index (χ4v) is 2.09. The molecule has 2 rings (SSSR count). The van der Waals surface area contributed by atoms with Crippen molar-refractivity contribution < 1.29 is 9.59 Å². The topological polar surface area (TPSA) is 87.2 Å². The highest BCUT2D eigenvalue weighted by Gasteiger charge is 2.29. The maximum absolute atomic E-state index is 11.8. The average Bonchev–Trinajstić information content (AvgIpc) is 2.38. The van der Waals surface area contributed by atoms with E-state index in [1.165, 1.54) is 0 Å². The SMILES string of the molecule is N#CCC(=O)N1C(=O)CCc2cc(CN)ccc21. The number of carbonyl (C=O) groups is 2. The molecule has 0 bridgehead atoms. The van der Waals surface area contributed by atoms with Crippen LogP contribution in [-0.2, 0) is 22.6 Å². The summed E-state index contributed by atoms with van der Waals surface area (Å²) in [5.74, 6) is -0.716. The quantitative estimate of drug-likeness (QED) is 0.834. The van der Waals surface area contributed by atoms with E-state index in [0.29, 0.717) is 18.7 Å². The van der Waals surface area contributed by atoms with Gasteiger partial charge in [-0.1, -0.05) is 12.1 Å². The molecule has 0 aliphatic carbocycles. The lowest BCUT2D eigenvalue weighted by atomic mass is 9.98. The van der Waals surface area contributed by atoms with Crippen LogP contribution in [0.4, 0.5) is 5.69 Å². The maximum Gasteiger partial charge on any atom is 0.247 e. The third kappa shape index (κ3) is 2.11. The van der Waals surface area contributed by atoms with E-state index in [4.69, 9.17) is 11.0 Å². The first-order valence-electron chi connectivity index (χ1n) is 5.72. The summed E-state index contributed by atoms with van der Waals surface area (Å²) in [5.41, 5.74) is 8.05. The van der Waals surface area contributed by atoms with E-state index >= 15 is 0 Å². The van der Waals surface area contributed by atoms with Crippen LogP contribution in [0.5, 0.6) is 0 Å². The molecule has 92 valence electrons. The molecule has 1 aliphatic heterocycles. The largest absolute Gasteiger partial charge is 0.326 e. The summed E-state index contributed by atoms with van der Waals surface area (Å²) in [6, 6.07) is 7.21. The van der Waals surface area contributed by atoms with E-state index in [2.05, 4.69) is 0 Å². The Balaban J connectivity index is 2.42. The monoisotopic (exact) mass is 243 g/mol. The number of imide groups is 1. The van der Waals surface area contributed by atoms with E-state index in [0.717, 1.165) is 16.0 Å². The van der Waals surface area contributed by atoms with Gasteiger partial charge in [-0.3, -0.25) is 9.59 Å². The van der Waals surface area contributed by atoms with Crippen molar-refractivity contribution in [1.82, 2.24) is 0 Å². The molecule has 0 saturated carbocycles. The highest BCUT2D eigenvalue weighted by molar-refractivity contribution is 6.16. The van der Waals surface area contributed by atoms with Crippen LogP contribution in [0, 0.1) is 11.3 Å². The van der Waals surface area contributed by atoms with Crippen molar-refractivity contribution in [2.45, 2.75) is 25.8 Å². The Kier molecular flexibility index (Phi) is 3.40. The van der Waals surface area contributed by atoms with Gasteiger partial charge in [0.05, 0.1) is 11.8 Å². The third-order valence-electron chi connectivity index (χ3n) is 2.96. The van der Waals surface area contributed by atoms with Crippen molar-refractivity contribution in [2.24, 2.45) is 5.73 Å². The second-order valence-corrected chi connectivity index (χ2v) is 4.12. The number of nitrogens with two attached hydrogens (primary N) is 1. The summed E-state index contributed by atoms with van der Waals surface area (Å²) in [6.07, 6.45) is 0.611. The molecule has 0 saturated heterocycles. The van der Waals surface area contributed by atoms with Gasteiger partial charge < -0.3 is 5.73 Å². The molecular weight excluding hydrogens is 230 g/mol. The van der Waals surface area contributed by atoms with Crippen LogP contribution < -0.4 is 10.6 Å². The van der Waals surface area contributed by atoms with Crippen molar-refractivity contribution in [1.29, 1.82) is 5.26 Å². The fourth-order valence-electron chi connectivity index (χ4n) is 2.09. The maximum atomic E-state index is 11.8. The van der Waals surface area contributed by atoms with Crippen molar-refractivity contribution >= 4 is 17.5 Å². The van der Waals surface area contributed by atoms with Gasteiger partial charge in [-0.15, -0.1) is 0 Å². The number of nitriles is 1. The number of benzene rings is 1. The van der Waals surface area contributed by atoms with Crippen molar-refractivity contribution in [3.63, 3.8) is 0 Å². The molecule has 0 radical (unpaired) electrons. The van der Waals surface area contributed by atoms with Gasteiger partial charge in [-0.2, -0.15) is 5.26 Å². The van der Waals surface area contributed by atoms with Gasteiger partial charge in [0.15, 0.2) is 0 Å². The summed E-state index contributed by atoms with van der Waals surface area (Å²) in [5, 5.41) is 8.56. The van der Waals surface area contributed by atoms with Crippen molar-refractivity contribution in [3.8, 4) is 6.07 Å². The van der Waals surface area contributed by atoms with E-state index in [9.17, 15) is 9.59 Å². The Morgan fingerprint density at radius 3 is 2.89 bits per heavy atom. The highest BCUT2D eigenvalue weighted by Crippen LogP contribution is 2.29. The standard InChI is InChI=1S/C13H13N3O2/c14-6-5-13(18)16-11-3-1-9(8-15)7-10(11)2-4-12(16)17/h1,3,7H,2,4-5,8,15H2. The van der Waals surface area contributed by atoms with Gasteiger partial charge in [-0.25, -0.2) is 4.90 Å². The van der Waals surface area contributed by atoms with Crippen LogP contribution in [0.15, 0.2) is 18.2 Å². The van der Waals surface area contributed by atoms with Crippen LogP contribution in [0.1, 0.15) is 24.0 Å². The lowest BCUT2D eigenvalue weighted by molar-refractivity contribution is -0.126. The molecule has 2 amide bonds. The van der Waals surface area contributed by atoms with Crippen LogP contribution >= 0.6 is 0 Å². The fraction of sp³-hybridized carbons (Fsp3) is 0.308. The van der Waals surface area contributed by atoms with Gasteiger partial charge in [0.25, 0.3) is 0 Å². The van der Waals surface area contributed by atoms with Gasteiger partial charge in [0.2, 0.25) is 11.8 Å². The number of nitrogens with zero attached hydrogens (tertiary/aromatic N) is 2. The second-order valence-electron chi connectivity index (χ2n) is 4.12. The van der Waals surface area contributed by atoms with Crippen LogP contribution in [0.3, 0.4) is 0 Å². The first kappa shape index (κ1) is 12.3. The molecule has 2 N–H and O–H groups in total. The molecule has 5 nitrogen and oxygen atoms in total. The Bertz CT molecular complexity index is 546. The number of carbonyl (C=O) groups excluding carboxylic acids is 2. The minimum Gasteiger partial charge on any atom is -0.326 e. The molecule has 18 heavy (non-hydrogen) atoms. The number of aryl methyl sites for hydroxylation is 1. The second kappa shape index (κ2) is 4.98. The first-order valence-corrected chi connectivity index (χ1v) is 5.72. The molecule has 1 aliphatic rings. The van der Waals surface area contributed by atoms with Gasteiger partial charge in [0, 0.05) is 13.0 Å². The Morgan fingerprint density at radius 1 is 1.44 bits per heavy atom. The highest BCUT2D eigenvalue weighted by atomic mass is 16.2. The molecule has 5 heteroatoms. The Morgan fingerprint density at radius 2 is 2.22 bits per heavy atom. The predicted molar refractivity (Wildman–Crippen MR) is 65.4 cm³/mol. The molecule has 0 fully saturated rings. The molecular formula is C13H13N3O2. The molecule has 0 unspecified atom stereocenters. The third-order valence-corrected chi connectivity index (χ3v) is 2.96. The average molecular weight is 243 g/mol. The zero-order valence-corrected chi connectivity index (χ0v) is 9.85. The van der Waals surface area contributed by atoms with Crippen LogP contribution in [0.25, 0.3) is 0 Å². The molecule has 1 heterocycles. The van der Waals surface area contributed by atoms with Crippen molar-refractivity contribution in [3.05, 3.63) is 29.3 Å². The number of fused-ring (bicyclic) bond motifs is 1. The van der Waals surface area contributed by atoms with E-state index in [1.807, 2.05) is 6.07 Å². The Hall–Kier alpha value is -2.19. The zero-order valence-electron chi connectivity index (χ0n) is 9.85. The molecule has 1 aromatic rings. The van der Waals surface area contributed by atoms with E-state index in [-0.39, 0.29) is 18.7 Å². The number of hydrogen-bond donors (Lipinski definition) is 1. The summed E-state index contributed by atoms with van der Waals surface area (Å²) in [6.45, 7) is 0.424. The lowest BCUT2D eigenvalue weighted by Gasteiger charge is -2.27. The number of amides is 2. The normalized spacial score (nSPS) is 14.0. The van der Waals surface area contributed by atoms with Gasteiger partial charge >= 0.3 is 0 Å². The summed E-state index contributed by atoms with van der Waals surface area (Å²) >= 11 is 0. The molecule has 0 spiro atoms. The van der Waals surface area contributed by atoms with Crippen LogP contribution in [-0.4, -0.2) is 11.8 Å². The summed E-state index contributed by atoms with van der Waals surface area (Å²) in [4.78, 5) is 24.7. The first-order chi connectivity index (χ1) is 8.67. The number of anilines is 1. The molecule has 1 aromatic carbocycles. The van der Waals surface area contributed by atoms with Gasteiger partial charge in [-0.05, 0) is 23.6 Å². The number of hydrogen-bond acceptors (Lipinski definition) is 4. The minimum atomic E-state index is -0.469. The zero-order chi connectivity index (χ0) is 13.1. The predicted octanol–water partition coefficient (Wildman–Crippen LogP) is 0.865. The minimum absolute atomic E-state index is 0.247.